The van der Waals surface area contributed by atoms with Crippen molar-refractivity contribution in [1.82, 2.24) is 5.32 Å². The van der Waals surface area contributed by atoms with Gasteiger partial charge >= 0.3 is 5.97 Å². The van der Waals surface area contributed by atoms with Gasteiger partial charge in [-0.25, -0.2) is 0 Å². The van der Waals surface area contributed by atoms with Crippen molar-refractivity contribution >= 4 is 17.7 Å². The molecule has 0 saturated heterocycles. The van der Waals surface area contributed by atoms with Crippen LogP contribution in [-0.4, -0.2) is 35.5 Å². The highest BCUT2D eigenvalue weighted by Gasteiger charge is 2.45. The van der Waals surface area contributed by atoms with Crippen LogP contribution in [0.5, 0.6) is 5.75 Å². The van der Waals surface area contributed by atoms with Crippen LogP contribution in [0.2, 0.25) is 0 Å². The lowest BCUT2D eigenvalue weighted by molar-refractivity contribution is -0.144. The van der Waals surface area contributed by atoms with E-state index in [1.165, 1.54) is 0 Å². The van der Waals surface area contributed by atoms with E-state index in [-0.39, 0.29) is 0 Å². The molecule has 0 amide bonds. The van der Waals surface area contributed by atoms with Crippen LogP contribution in [0.15, 0.2) is 29.2 Å². The monoisotopic (exact) mass is 309 g/mol. The molecule has 0 aromatic heterocycles. The highest BCUT2D eigenvalue weighted by atomic mass is 32.2. The first-order valence-corrected chi connectivity index (χ1v) is 8.27. The zero-order valence-corrected chi connectivity index (χ0v) is 13.4. The van der Waals surface area contributed by atoms with E-state index in [1.807, 2.05) is 24.3 Å². The van der Waals surface area contributed by atoms with Crippen LogP contribution in [-0.2, 0) is 4.79 Å². The second-order valence-electron chi connectivity index (χ2n) is 5.47. The van der Waals surface area contributed by atoms with Crippen LogP contribution in [0.25, 0.3) is 0 Å². The molecule has 0 aliphatic heterocycles. The van der Waals surface area contributed by atoms with E-state index in [0.29, 0.717) is 18.1 Å². The topological polar surface area (TPSA) is 58.6 Å². The number of benzene rings is 1. The van der Waals surface area contributed by atoms with E-state index in [4.69, 9.17) is 4.74 Å². The molecule has 2 rings (SSSR count). The lowest BCUT2D eigenvalue weighted by Gasteiger charge is -2.25. The number of hydrogen-bond acceptors (Lipinski definition) is 4. The van der Waals surface area contributed by atoms with Gasteiger partial charge in [-0.05, 0) is 56.5 Å². The number of carboxylic acids is 1. The molecular formula is C16H23NO3S. The Kier molecular flexibility index (Phi) is 5.53. The molecule has 2 unspecified atom stereocenters. The van der Waals surface area contributed by atoms with Crippen molar-refractivity contribution in [3.8, 4) is 5.75 Å². The zero-order chi connectivity index (χ0) is 15.3. The fourth-order valence-corrected chi connectivity index (χ4v) is 4.02. The highest BCUT2D eigenvalue weighted by molar-refractivity contribution is 8.00. The molecule has 2 atom stereocenters. The molecule has 1 aromatic rings. The van der Waals surface area contributed by atoms with Crippen molar-refractivity contribution in [2.75, 3.05) is 13.7 Å². The van der Waals surface area contributed by atoms with Gasteiger partial charge in [0.1, 0.15) is 11.3 Å². The second-order valence-corrected chi connectivity index (χ2v) is 6.85. The predicted octanol–water partition coefficient (Wildman–Crippen LogP) is 3.16. The van der Waals surface area contributed by atoms with E-state index in [1.54, 1.807) is 18.9 Å². The van der Waals surface area contributed by atoms with Crippen molar-refractivity contribution < 1.29 is 14.6 Å². The summed E-state index contributed by atoms with van der Waals surface area (Å²) in [7, 11) is 1.65. The van der Waals surface area contributed by atoms with Crippen LogP contribution in [0.4, 0.5) is 0 Å². The molecule has 0 spiro atoms. The number of hydrogen-bond donors (Lipinski definition) is 2. The summed E-state index contributed by atoms with van der Waals surface area (Å²) in [5.74, 6) is 0.129. The highest BCUT2D eigenvalue weighted by Crippen LogP contribution is 2.40. The molecule has 1 aliphatic carbocycles. The number of carbonyl (C=O) groups is 1. The molecule has 2 N–H and O–H groups in total. The van der Waals surface area contributed by atoms with Crippen LogP contribution in [0.1, 0.15) is 32.6 Å². The number of carboxylic acid groups (broad SMARTS) is 1. The maximum absolute atomic E-state index is 11.6. The quantitative estimate of drug-likeness (QED) is 0.810. The molecule has 0 radical (unpaired) electrons. The summed E-state index contributed by atoms with van der Waals surface area (Å²) in [5, 5.41) is 13.1. The molecule has 0 heterocycles. The van der Waals surface area contributed by atoms with Gasteiger partial charge in [-0.1, -0.05) is 6.92 Å². The second kappa shape index (κ2) is 7.18. The van der Waals surface area contributed by atoms with Gasteiger partial charge in [-0.15, -0.1) is 11.8 Å². The van der Waals surface area contributed by atoms with Crippen molar-refractivity contribution in [2.24, 2.45) is 0 Å². The third-order valence-corrected chi connectivity index (χ3v) is 5.23. The molecule has 1 fully saturated rings. The number of aliphatic carboxylic acids is 1. The molecule has 1 aromatic carbocycles. The summed E-state index contributed by atoms with van der Waals surface area (Å²) < 4.78 is 5.15. The van der Waals surface area contributed by atoms with Crippen LogP contribution in [0.3, 0.4) is 0 Å². The molecule has 1 aliphatic rings. The Balaban J connectivity index is 1.98. The van der Waals surface area contributed by atoms with Gasteiger partial charge < -0.3 is 15.2 Å². The summed E-state index contributed by atoms with van der Waals surface area (Å²) in [6, 6.07) is 7.95. The average molecular weight is 309 g/mol. The fraction of sp³-hybridized carbons (Fsp3) is 0.562. The molecular weight excluding hydrogens is 286 g/mol. The third-order valence-electron chi connectivity index (χ3n) is 3.95. The van der Waals surface area contributed by atoms with Gasteiger partial charge in [0.25, 0.3) is 0 Å². The normalized spacial score (nSPS) is 25.0. The maximum Gasteiger partial charge on any atom is 0.323 e. The third kappa shape index (κ3) is 3.92. The largest absolute Gasteiger partial charge is 0.497 e. The Morgan fingerprint density at radius 2 is 2.19 bits per heavy atom. The van der Waals surface area contributed by atoms with E-state index in [9.17, 15) is 9.90 Å². The van der Waals surface area contributed by atoms with Crippen LogP contribution >= 0.6 is 11.8 Å². The molecule has 1 saturated carbocycles. The van der Waals surface area contributed by atoms with E-state index < -0.39 is 11.5 Å². The lowest BCUT2D eigenvalue weighted by Crippen LogP contribution is -2.50. The summed E-state index contributed by atoms with van der Waals surface area (Å²) in [5.41, 5.74) is -0.736. The van der Waals surface area contributed by atoms with Gasteiger partial charge in [-0.3, -0.25) is 4.79 Å². The van der Waals surface area contributed by atoms with E-state index in [0.717, 1.165) is 30.0 Å². The number of thioether (sulfide) groups is 1. The molecule has 5 heteroatoms. The van der Waals surface area contributed by atoms with E-state index in [2.05, 4.69) is 12.2 Å². The fourth-order valence-electron chi connectivity index (χ4n) is 2.74. The lowest BCUT2D eigenvalue weighted by atomic mass is 9.98. The first-order valence-electron chi connectivity index (χ1n) is 7.39. The first-order chi connectivity index (χ1) is 10.1. The van der Waals surface area contributed by atoms with Crippen molar-refractivity contribution in [3.05, 3.63) is 24.3 Å². The van der Waals surface area contributed by atoms with Crippen LogP contribution < -0.4 is 10.1 Å². The zero-order valence-electron chi connectivity index (χ0n) is 12.6. The molecule has 116 valence electrons. The molecule has 21 heavy (non-hydrogen) atoms. The Bertz CT molecular complexity index is 477. The molecule has 0 bridgehead atoms. The van der Waals surface area contributed by atoms with Crippen molar-refractivity contribution in [1.29, 1.82) is 0 Å². The smallest absolute Gasteiger partial charge is 0.323 e. The summed E-state index contributed by atoms with van der Waals surface area (Å²) in [4.78, 5) is 12.8. The standard InChI is InChI=1S/C16H23NO3S/c1-3-10-17-16(15(18)19)9-8-14(11-16)21-13-6-4-12(20-2)5-7-13/h4-7,14,17H,3,8-11H2,1-2H3,(H,18,19). The van der Waals surface area contributed by atoms with Crippen molar-refractivity contribution in [3.63, 3.8) is 0 Å². The Morgan fingerprint density at radius 1 is 1.48 bits per heavy atom. The average Bonchev–Trinajstić information content (AvgIpc) is 2.90. The van der Waals surface area contributed by atoms with Gasteiger partial charge in [0, 0.05) is 10.1 Å². The minimum absolute atomic E-state index is 0.346. The minimum atomic E-state index is -0.736. The number of ether oxygens (including phenoxy) is 1. The van der Waals surface area contributed by atoms with Gasteiger partial charge in [0.15, 0.2) is 0 Å². The summed E-state index contributed by atoms with van der Waals surface area (Å²) in [6.07, 6.45) is 3.26. The van der Waals surface area contributed by atoms with Gasteiger partial charge in [-0.2, -0.15) is 0 Å². The summed E-state index contributed by atoms with van der Waals surface area (Å²) >= 11 is 1.76. The SMILES string of the molecule is CCCNC1(C(=O)O)CCC(Sc2ccc(OC)cc2)C1. The number of nitrogens with one attached hydrogen (secondary N) is 1. The Hall–Kier alpha value is -1.20. The maximum atomic E-state index is 11.6. The number of rotatable bonds is 7. The van der Waals surface area contributed by atoms with Crippen LogP contribution in [0, 0.1) is 0 Å². The predicted molar refractivity (Wildman–Crippen MR) is 85.2 cm³/mol. The van der Waals surface area contributed by atoms with Gasteiger partial charge in [0.2, 0.25) is 0 Å². The van der Waals surface area contributed by atoms with E-state index >= 15 is 0 Å². The van der Waals surface area contributed by atoms with Crippen molar-refractivity contribution in [2.45, 2.75) is 48.3 Å². The summed E-state index contributed by atoms with van der Waals surface area (Å²) in [6.45, 7) is 2.81. The number of methoxy groups -OCH3 is 1. The Morgan fingerprint density at radius 3 is 2.76 bits per heavy atom. The first kappa shape index (κ1) is 16.2. The Labute approximate surface area is 130 Å². The van der Waals surface area contributed by atoms with Gasteiger partial charge in [0.05, 0.1) is 7.11 Å². The minimum Gasteiger partial charge on any atom is -0.497 e. The molecule has 4 nitrogen and oxygen atoms in total.